The SMILES string of the molecule is CCOC(=O)Cc1c(C)cc(CBr)cc1F. The van der Waals surface area contributed by atoms with E-state index < -0.39 is 5.97 Å². The van der Waals surface area contributed by atoms with Crippen LogP contribution in [0.2, 0.25) is 0 Å². The fourth-order valence-electron chi connectivity index (χ4n) is 1.50. The van der Waals surface area contributed by atoms with E-state index in [4.69, 9.17) is 4.74 Å². The minimum absolute atomic E-state index is 0.00588. The van der Waals surface area contributed by atoms with Crippen molar-refractivity contribution >= 4 is 21.9 Å². The molecule has 0 aliphatic rings. The van der Waals surface area contributed by atoms with Crippen molar-refractivity contribution in [3.63, 3.8) is 0 Å². The number of aryl methyl sites for hydroxylation is 1. The molecule has 0 fully saturated rings. The van der Waals surface area contributed by atoms with E-state index in [1.54, 1.807) is 13.8 Å². The number of alkyl halides is 1. The van der Waals surface area contributed by atoms with Crippen molar-refractivity contribution in [1.82, 2.24) is 0 Å². The van der Waals surface area contributed by atoms with Gasteiger partial charge in [0.2, 0.25) is 0 Å². The minimum Gasteiger partial charge on any atom is -0.466 e. The number of carbonyl (C=O) groups excluding carboxylic acids is 1. The van der Waals surface area contributed by atoms with Crippen LogP contribution >= 0.6 is 15.9 Å². The van der Waals surface area contributed by atoms with E-state index >= 15 is 0 Å². The molecule has 0 heterocycles. The van der Waals surface area contributed by atoms with Gasteiger partial charge in [0, 0.05) is 10.9 Å². The first kappa shape index (κ1) is 13.2. The van der Waals surface area contributed by atoms with Gasteiger partial charge in [0.05, 0.1) is 13.0 Å². The smallest absolute Gasteiger partial charge is 0.310 e. The molecule has 0 radical (unpaired) electrons. The number of rotatable bonds is 4. The van der Waals surface area contributed by atoms with Crippen molar-refractivity contribution in [2.24, 2.45) is 0 Å². The Bertz CT molecular complexity index is 368. The largest absolute Gasteiger partial charge is 0.466 e. The van der Waals surface area contributed by atoms with Gasteiger partial charge in [0.15, 0.2) is 0 Å². The lowest BCUT2D eigenvalue weighted by atomic mass is 10.0. The average Bonchev–Trinajstić information content (AvgIpc) is 2.23. The fourth-order valence-corrected chi connectivity index (χ4v) is 1.83. The quantitative estimate of drug-likeness (QED) is 0.629. The molecule has 0 amide bonds. The molecule has 2 nitrogen and oxygen atoms in total. The zero-order valence-corrected chi connectivity index (χ0v) is 10.9. The summed E-state index contributed by atoms with van der Waals surface area (Å²) >= 11 is 3.27. The monoisotopic (exact) mass is 288 g/mol. The second-order valence-corrected chi connectivity index (χ2v) is 4.05. The molecule has 0 aliphatic carbocycles. The van der Waals surface area contributed by atoms with Crippen LogP contribution < -0.4 is 0 Å². The Labute approximate surface area is 103 Å². The van der Waals surface area contributed by atoms with E-state index in [-0.39, 0.29) is 12.2 Å². The summed E-state index contributed by atoms with van der Waals surface area (Å²) in [6, 6.07) is 3.31. The predicted octanol–water partition coefficient (Wildman–Crippen LogP) is 3.13. The molecule has 0 atom stereocenters. The lowest BCUT2D eigenvalue weighted by molar-refractivity contribution is -0.142. The highest BCUT2D eigenvalue weighted by Gasteiger charge is 2.12. The van der Waals surface area contributed by atoms with Crippen LogP contribution in [-0.2, 0) is 21.3 Å². The maximum Gasteiger partial charge on any atom is 0.310 e. The van der Waals surface area contributed by atoms with Crippen LogP contribution in [0.25, 0.3) is 0 Å². The average molecular weight is 289 g/mol. The van der Waals surface area contributed by atoms with Crippen molar-refractivity contribution in [3.8, 4) is 0 Å². The molecule has 4 heteroatoms. The molecule has 88 valence electrons. The number of ether oxygens (including phenoxy) is 1. The van der Waals surface area contributed by atoms with Crippen molar-refractivity contribution in [1.29, 1.82) is 0 Å². The molecule has 0 N–H and O–H groups in total. The van der Waals surface area contributed by atoms with Gasteiger partial charge in [-0.15, -0.1) is 0 Å². The Kier molecular flexibility index (Phi) is 4.93. The summed E-state index contributed by atoms with van der Waals surface area (Å²) in [5.41, 5.74) is 2.06. The van der Waals surface area contributed by atoms with Gasteiger partial charge in [-0.05, 0) is 31.0 Å². The molecule has 0 aromatic heterocycles. The van der Waals surface area contributed by atoms with Gasteiger partial charge in [-0.2, -0.15) is 0 Å². The molecule has 0 saturated carbocycles. The molecular formula is C12H14BrFO2. The van der Waals surface area contributed by atoms with E-state index in [0.29, 0.717) is 17.5 Å². The van der Waals surface area contributed by atoms with Crippen LogP contribution in [0.1, 0.15) is 23.6 Å². The molecular weight excluding hydrogens is 275 g/mol. The highest BCUT2D eigenvalue weighted by atomic mass is 79.9. The van der Waals surface area contributed by atoms with Crippen molar-refractivity contribution in [2.75, 3.05) is 6.61 Å². The lowest BCUT2D eigenvalue weighted by Crippen LogP contribution is -2.10. The minimum atomic E-state index is -0.393. The first-order valence-corrected chi connectivity index (χ1v) is 6.20. The third-order valence-corrected chi connectivity index (χ3v) is 2.91. The zero-order valence-electron chi connectivity index (χ0n) is 9.35. The van der Waals surface area contributed by atoms with E-state index in [9.17, 15) is 9.18 Å². The molecule has 0 unspecified atom stereocenters. The second kappa shape index (κ2) is 5.99. The van der Waals surface area contributed by atoms with E-state index in [1.165, 1.54) is 6.07 Å². The predicted molar refractivity (Wildman–Crippen MR) is 64.1 cm³/mol. The maximum atomic E-state index is 13.7. The summed E-state index contributed by atoms with van der Waals surface area (Å²) in [6.45, 7) is 3.85. The Hall–Kier alpha value is -0.900. The molecule has 0 saturated heterocycles. The van der Waals surface area contributed by atoms with Crippen molar-refractivity contribution in [2.45, 2.75) is 25.6 Å². The van der Waals surface area contributed by atoms with Gasteiger partial charge in [0.1, 0.15) is 5.82 Å². The van der Waals surface area contributed by atoms with Gasteiger partial charge in [-0.25, -0.2) is 4.39 Å². The van der Waals surface area contributed by atoms with Crippen LogP contribution in [0, 0.1) is 12.7 Å². The summed E-state index contributed by atoms with van der Waals surface area (Å²) < 4.78 is 18.5. The number of halogens is 2. The van der Waals surface area contributed by atoms with E-state index in [1.807, 2.05) is 6.07 Å². The standard InChI is InChI=1S/C12H14BrFO2/c1-3-16-12(15)6-10-8(2)4-9(7-13)5-11(10)14/h4-5H,3,6-7H2,1-2H3. The van der Waals surface area contributed by atoms with Crippen LogP contribution in [0.4, 0.5) is 4.39 Å². The molecule has 1 rings (SSSR count). The highest BCUT2D eigenvalue weighted by Crippen LogP contribution is 2.18. The van der Waals surface area contributed by atoms with Crippen molar-refractivity contribution in [3.05, 3.63) is 34.6 Å². The normalized spacial score (nSPS) is 10.2. The number of hydrogen-bond acceptors (Lipinski definition) is 2. The van der Waals surface area contributed by atoms with Gasteiger partial charge in [0.25, 0.3) is 0 Å². The fraction of sp³-hybridized carbons (Fsp3) is 0.417. The summed E-state index contributed by atoms with van der Waals surface area (Å²) in [5, 5.41) is 0.602. The molecule has 0 bridgehead atoms. The van der Waals surface area contributed by atoms with Crippen LogP contribution in [0.15, 0.2) is 12.1 Å². The van der Waals surface area contributed by atoms with Crippen LogP contribution in [-0.4, -0.2) is 12.6 Å². The molecule has 16 heavy (non-hydrogen) atoms. The molecule has 0 aliphatic heterocycles. The number of esters is 1. The molecule has 1 aromatic rings. The first-order valence-electron chi connectivity index (χ1n) is 5.08. The number of benzene rings is 1. The summed E-state index contributed by atoms with van der Waals surface area (Å²) in [4.78, 5) is 11.3. The van der Waals surface area contributed by atoms with E-state index in [0.717, 1.165) is 11.1 Å². The summed E-state index contributed by atoms with van der Waals surface area (Å²) in [5.74, 6) is -0.737. The zero-order chi connectivity index (χ0) is 12.1. The lowest BCUT2D eigenvalue weighted by Gasteiger charge is -2.08. The molecule has 1 aromatic carbocycles. The van der Waals surface area contributed by atoms with Gasteiger partial charge >= 0.3 is 5.97 Å². The van der Waals surface area contributed by atoms with Gasteiger partial charge in [-0.3, -0.25) is 4.79 Å². The Morgan fingerprint density at radius 3 is 2.69 bits per heavy atom. The second-order valence-electron chi connectivity index (χ2n) is 3.49. The summed E-state index contributed by atoms with van der Waals surface area (Å²) in [6.07, 6.45) is -0.00588. The Balaban J connectivity index is 2.92. The highest BCUT2D eigenvalue weighted by molar-refractivity contribution is 9.08. The number of carbonyl (C=O) groups is 1. The van der Waals surface area contributed by atoms with Crippen LogP contribution in [0.5, 0.6) is 0 Å². The van der Waals surface area contributed by atoms with E-state index in [2.05, 4.69) is 15.9 Å². The Morgan fingerprint density at radius 1 is 1.50 bits per heavy atom. The van der Waals surface area contributed by atoms with Crippen molar-refractivity contribution < 1.29 is 13.9 Å². The first-order chi connectivity index (χ1) is 7.58. The third kappa shape index (κ3) is 3.30. The Morgan fingerprint density at radius 2 is 2.19 bits per heavy atom. The topological polar surface area (TPSA) is 26.3 Å². The van der Waals surface area contributed by atoms with Crippen LogP contribution in [0.3, 0.4) is 0 Å². The summed E-state index contributed by atoms with van der Waals surface area (Å²) in [7, 11) is 0. The maximum absolute atomic E-state index is 13.7. The van der Waals surface area contributed by atoms with Gasteiger partial charge in [-0.1, -0.05) is 22.0 Å². The van der Waals surface area contributed by atoms with Gasteiger partial charge < -0.3 is 4.74 Å². The number of hydrogen-bond donors (Lipinski definition) is 0. The third-order valence-electron chi connectivity index (χ3n) is 2.26. The molecule has 0 spiro atoms.